The number of hydrogen-bond donors (Lipinski definition) is 1. The molecule has 0 saturated carbocycles. The fraction of sp³-hybridized carbons (Fsp3) is 0.500. The molecular formula is C14H18F2N2O. The standard InChI is InChI=1S/C14H18F2N2O/c1-2-9-5-3-4-6-18(9)14(19)10-7-13(17)12(16)8-11(10)15/h7-9H,2-6,17H2,1H3. The third kappa shape index (κ3) is 2.69. The van der Waals surface area contributed by atoms with Gasteiger partial charge in [-0.2, -0.15) is 0 Å². The number of hydrogen-bond acceptors (Lipinski definition) is 2. The summed E-state index contributed by atoms with van der Waals surface area (Å²) in [6.07, 6.45) is 3.77. The second kappa shape index (κ2) is 5.55. The summed E-state index contributed by atoms with van der Waals surface area (Å²) >= 11 is 0. The van der Waals surface area contributed by atoms with Gasteiger partial charge in [-0.15, -0.1) is 0 Å². The zero-order chi connectivity index (χ0) is 14.0. The predicted molar refractivity (Wildman–Crippen MR) is 69.7 cm³/mol. The van der Waals surface area contributed by atoms with Gasteiger partial charge in [-0.3, -0.25) is 4.79 Å². The van der Waals surface area contributed by atoms with E-state index in [0.29, 0.717) is 12.6 Å². The van der Waals surface area contributed by atoms with Crippen LogP contribution in [-0.4, -0.2) is 23.4 Å². The van der Waals surface area contributed by atoms with Crippen LogP contribution in [0.25, 0.3) is 0 Å². The molecule has 1 aromatic rings. The number of nitrogens with two attached hydrogens (primary N) is 1. The van der Waals surface area contributed by atoms with Crippen LogP contribution in [0.3, 0.4) is 0 Å². The maximum atomic E-state index is 13.7. The molecule has 2 N–H and O–H groups in total. The predicted octanol–water partition coefficient (Wildman–Crippen LogP) is 2.95. The van der Waals surface area contributed by atoms with E-state index >= 15 is 0 Å². The molecule has 1 atom stereocenters. The molecule has 5 heteroatoms. The van der Waals surface area contributed by atoms with Crippen molar-refractivity contribution in [2.75, 3.05) is 12.3 Å². The molecule has 1 fully saturated rings. The van der Waals surface area contributed by atoms with E-state index in [-0.39, 0.29) is 17.3 Å². The number of carbonyl (C=O) groups is 1. The van der Waals surface area contributed by atoms with Gasteiger partial charge in [0.05, 0.1) is 11.3 Å². The monoisotopic (exact) mass is 268 g/mol. The Morgan fingerprint density at radius 3 is 2.79 bits per heavy atom. The first kappa shape index (κ1) is 13.8. The Bertz CT molecular complexity index is 491. The molecule has 104 valence electrons. The normalized spacial score (nSPS) is 19.5. The summed E-state index contributed by atoms with van der Waals surface area (Å²) < 4.78 is 26.8. The van der Waals surface area contributed by atoms with Gasteiger partial charge in [0.25, 0.3) is 5.91 Å². The highest BCUT2D eigenvalue weighted by Gasteiger charge is 2.28. The fourth-order valence-corrected chi connectivity index (χ4v) is 2.58. The fourth-order valence-electron chi connectivity index (χ4n) is 2.58. The second-order valence-corrected chi connectivity index (χ2v) is 4.91. The Hall–Kier alpha value is -1.65. The molecule has 1 heterocycles. The topological polar surface area (TPSA) is 46.3 Å². The van der Waals surface area contributed by atoms with Gasteiger partial charge in [-0.25, -0.2) is 8.78 Å². The van der Waals surface area contributed by atoms with E-state index < -0.39 is 17.5 Å². The van der Waals surface area contributed by atoms with Crippen LogP contribution in [0.15, 0.2) is 12.1 Å². The Balaban J connectivity index is 2.30. The minimum Gasteiger partial charge on any atom is -0.396 e. The lowest BCUT2D eigenvalue weighted by Gasteiger charge is -2.35. The molecule has 0 radical (unpaired) electrons. The average molecular weight is 268 g/mol. The number of benzene rings is 1. The van der Waals surface area contributed by atoms with Crippen LogP contribution >= 0.6 is 0 Å². The summed E-state index contributed by atoms with van der Waals surface area (Å²) in [4.78, 5) is 14.0. The lowest BCUT2D eigenvalue weighted by molar-refractivity contribution is 0.0603. The van der Waals surface area contributed by atoms with Gasteiger partial charge in [-0.1, -0.05) is 6.92 Å². The zero-order valence-electron chi connectivity index (χ0n) is 11.0. The van der Waals surface area contributed by atoms with E-state index in [2.05, 4.69) is 0 Å². The van der Waals surface area contributed by atoms with Gasteiger partial charge < -0.3 is 10.6 Å². The summed E-state index contributed by atoms with van der Waals surface area (Å²) in [5.41, 5.74) is 5.07. The summed E-state index contributed by atoms with van der Waals surface area (Å²) in [7, 11) is 0. The first-order chi connectivity index (χ1) is 9.04. The molecule has 1 aliphatic heterocycles. The van der Waals surface area contributed by atoms with Crippen LogP contribution < -0.4 is 5.73 Å². The molecule has 1 unspecified atom stereocenters. The van der Waals surface area contributed by atoms with Crippen molar-refractivity contribution in [3.05, 3.63) is 29.3 Å². The van der Waals surface area contributed by atoms with Crippen molar-refractivity contribution in [2.24, 2.45) is 0 Å². The first-order valence-electron chi connectivity index (χ1n) is 6.60. The summed E-state index contributed by atoms with van der Waals surface area (Å²) in [6.45, 7) is 2.62. The van der Waals surface area contributed by atoms with Crippen molar-refractivity contribution in [1.82, 2.24) is 4.90 Å². The Morgan fingerprint density at radius 1 is 1.37 bits per heavy atom. The number of halogens is 2. The van der Waals surface area contributed by atoms with Crippen molar-refractivity contribution >= 4 is 11.6 Å². The third-order valence-corrected chi connectivity index (χ3v) is 3.68. The van der Waals surface area contributed by atoms with Gasteiger partial charge in [0, 0.05) is 18.7 Å². The highest BCUT2D eigenvalue weighted by atomic mass is 19.1. The Morgan fingerprint density at radius 2 is 2.11 bits per heavy atom. The average Bonchev–Trinajstić information content (AvgIpc) is 2.42. The van der Waals surface area contributed by atoms with E-state index in [1.165, 1.54) is 0 Å². The minimum absolute atomic E-state index is 0.131. The molecule has 1 amide bonds. The van der Waals surface area contributed by atoms with Gasteiger partial charge in [0.1, 0.15) is 11.6 Å². The molecule has 1 aromatic carbocycles. The van der Waals surface area contributed by atoms with Crippen molar-refractivity contribution in [1.29, 1.82) is 0 Å². The molecule has 0 aliphatic carbocycles. The number of rotatable bonds is 2. The second-order valence-electron chi connectivity index (χ2n) is 4.91. The van der Waals surface area contributed by atoms with Crippen LogP contribution in [0.5, 0.6) is 0 Å². The van der Waals surface area contributed by atoms with E-state index in [9.17, 15) is 13.6 Å². The van der Waals surface area contributed by atoms with E-state index in [0.717, 1.165) is 31.7 Å². The van der Waals surface area contributed by atoms with Crippen LogP contribution in [0.1, 0.15) is 43.0 Å². The number of carbonyl (C=O) groups excluding carboxylic acids is 1. The minimum atomic E-state index is -0.850. The smallest absolute Gasteiger partial charge is 0.257 e. The lowest BCUT2D eigenvalue weighted by Crippen LogP contribution is -2.43. The largest absolute Gasteiger partial charge is 0.396 e. The van der Waals surface area contributed by atoms with Crippen LogP contribution in [0.2, 0.25) is 0 Å². The molecular weight excluding hydrogens is 250 g/mol. The maximum Gasteiger partial charge on any atom is 0.257 e. The van der Waals surface area contributed by atoms with Gasteiger partial charge in [-0.05, 0) is 31.7 Å². The van der Waals surface area contributed by atoms with E-state index in [1.54, 1.807) is 4.90 Å². The molecule has 1 saturated heterocycles. The number of likely N-dealkylation sites (tertiary alicyclic amines) is 1. The molecule has 19 heavy (non-hydrogen) atoms. The highest BCUT2D eigenvalue weighted by molar-refractivity contribution is 5.95. The zero-order valence-corrected chi connectivity index (χ0v) is 11.0. The SMILES string of the molecule is CCC1CCCCN1C(=O)c1cc(N)c(F)cc1F. The molecule has 0 aromatic heterocycles. The van der Waals surface area contributed by atoms with Crippen molar-refractivity contribution in [3.8, 4) is 0 Å². The summed E-state index contributed by atoms with van der Waals surface area (Å²) in [5, 5.41) is 0. The third-order valence-electron chi connectivity index (χ3n) is 3.68. The number of anilines is 1. The van der Waals surface area contributed by atoms with Gasteiger partial charge in [0.2, 0.25) is 0 Å². The summed E-state index contributed by atoms with van der Waals surface area (Å²) in [6, 6.07) is 1.90. The number of nitrogens with zero attached hydrogens (tertiary/aromatic N) is 1. The quantitative estimate of drug-likeness (QED) is 0.838. The summed E-state index contributed by atoms with van der Waals surface area (Å²) in [5.74, 6) is -2.08. The lowest BCUT2D eigenvalue weighted by atomic mass is 9.98. The van der Waals surface area contributed by atoms with Crippen molar-refractivity contribution < 1.29 is 13.6 Å². The van der Waals surface area contributed by atoms with Gasteiger partial charge >= 0.3 is 0 Å². The van der Waals surface area contributed by atoms with Crippen LogP contribution in [0, 0.1) is 11.6 Å². The number of nitrogen functional groups attached to an aromatic ring is 1. The molecule has 0 spiro atoms. The highest BCUT2D eigenvalue weighted by Crippen LogP contribution is 2.24. The molecule has 3 nitrogen and oxygen atoms in total. The Kier molecular flexibility index (Phi) is 4.02. The van der Waals surface area contributed by atoms with Crippen LogP contribution in [-0.2, 0) is 0 Å². The van der Waals surface area contributed by atoms with Crippen molar-refractivity contribution in [3.63, 3.8) is 0 Å². The van der Waals surface area contributed by atoms with Crippen molar-refractivity contribution in [2.45, 2.75) is 38.6 Å². The maximum absolute atomic E-state index is 13.7. The molecule has 1 aliphatic rings. The van der Waals surface area contributed by atoms with Crippen LogP contribution in [0.4, 0.5) is 14.5 Å². The Labute approximate surface area is 111 Å². The van der Waals surface area contributed by atoms with Gasteiger partial charge in [0.15, 0.2) is 0 Å². The number of piperidine rings is 1. The number of amides is 1. The van der Waals surface area contributed by atoms with E-state index in [4.69, 9.17) is 5.73 Å². The first-order valence-corrected chi connectivity index (χ1v) is 6.60. The molecule has 2 rings (SSSR count). The molecule has 0 bridgehead atoms. The van der Waals surface area contributed by atoms with E-state index in [1.807, 2.05) is 6.92 Å².